The van der Waals surface area contributed by atoms with Crippen LogP contribution in [0.2, 0.25) is 10.0 Å². The fraction of sp³-hybridized carbons (Fsp3) is 0.429. The Morgan fingerprint density at radius 2 is 2.00 bits per heavy atom. The summed E-state index contributed by atoms with van der Waals surface area (Å²) in [6, 6.07) is 5.72. The molecule has 1 heterocycles. The molecule has 1 N–H and O–H groups in total. The highest BCUT2D eigenvalue weighted by molar-refractivity contribution is 6.36. The predicted molar refractivity (Wildman–Crippen MR) is 80.4 cm³/mol. The van der Waals surface area contributed by atoms with E-state index in [0.29, 0.717) is 40.6 Å². The van der Waals surface area contributed by atoms with Gasteiger partial charge >= 0.3 is 0 Å². The summed E-state index contributed by atoms with van der Waals surface area (Å²) in [5.41, 5.74) is 0.822. The number of rotatable bonds is 6. The Kier molecular flexibility index (Phi) is 5.40. The molecule has 2 aromatic rings. The second-order valence-electron chi connectivity index (χ2n) is 4.64. The van der Waals surface area contributed by atoms with Gasteiger partial charge in [-0.3, -0.25) is 0 Å². The third-order valence-corrected chi connectivity index (χ3v) is 3.65. The molecular weight excluding hydrogens is 297 g/mol. The maximum absolute atomic E-state index is 6.13. The average molecular weight is 314 g/mol. The number of aromatic nitrogens is 2. The summed E-state index contributed by atoms with van der Waals surface area (Å²) < 4.78 is 5.25. The molecule has 1 aromatic carbocycles. The van der Waals surface area contributed by atoms with Crippen molar-refractivity contribution in [2.24, 2.45) is 0 Å². The zero-order valence-corrected chi connectivity index (χ0v) is 13.0. The van der Waals surface area contributed by atoms with E-state index in [1.807, 2.05) is 6.07 Å². The average Bonchev–Trinajstić information content (AvgIpc) is 2.82. The standard InChI is InChI=1S/C14H17Cl2N3O/c1-3-17-9(2)7-14-18-13(19-20-14)8-10-11(15)5-4-6-12(10)16/h4-6,9,17H,3,7-8H2,1-2H3. The van der Waals surface area contributed by atoms with E-state index in [1.54, 1.807) is 12.1 Å². The van der Waals surface area contributed by atoms with Crippen molar-refractivity contribution in [3.05, 3.63) is 45.5 Å². The van der Waals surface area contributed by atoms with Crippen LogP contribution in [0.15, 0.2) is 22.7 Å². The molecule has 0 spiro atoms. The van der Waals surface area contributed by atoms with Gasteiger partial charge in [0.05, 0.1) is 0 Å². The summed E-state index contributed by atoms with van der Waals surface area (Å²) in [5.74, 6) is 1.22. The van der Waals surface area contributed by atoms with Crippen LogP contribution in [-0.4, -0.2) is 22.7 Å². The van der Waals surface area contributed by atoms with Crippen molar-refractivity contribution in [2.45, 2.75) is 32.7 Å². The smallest absolute Gasteiger partial charge is 0.228 e. The molecular formula is C14H17Cl2N3O. The monoisotopic (exact) mass is 313 g/mol. The van der Waals surface area contributed by atoms with E-state index in [-0.39, 0.29) is 0 Å². The van der Waals surface area contributed by atoms with Crippen molar-refractivity contribution < 1.29 is 4.52 Å². The van der Waals surface area contributed by atoms with Gasteiger partial charge in [-0.2, -0.15) is 4.98 Å². The number of nitrogens with zero attached hydrogens (tertiary/aromatic N) is 2. The van der Waals surface area contributed by atoms with E-state index in [2.05, 4.69) is 29.3 Å². The van der Waals surface area contributed by atoms with Gasteiger partial charge in [0.1, 0.15) is 0 Å². The van der Waals surface area contributed by atoms with Crippen molar-refractivity contribution in [1.82, 2.24) is 15.5 Å². The molecule has 0 saturated heterocycles. The first kappa shape index (κ1) is 15.3. The van der Waals surface area contributed by atoms with Gasteiger partial charge in [0, 0.05) is 28.9 Å². The third-order valence-electron chi connectivity index (χ3n) is 2.94. The number of hydrogen-bond acceptors (Lipinski definition) is 4. The van der Waals surface area contributed by atoms with Crippen LogP contribution < -0.4 is 5.32 Å². The molecule has 0 radical (unpaired) electrons. The highest BCUT2D eigenvalue weighted by Crippen LogP contribution is 2.26. The number of benzene rings is 1. The van der Waals surface area contributed by atoms with Crippen molar-refractivity contribution in [3.8, 4) is 0 Å². The van der Waals surface area contributed by atoms with Crippen LogP contribution >= 0.6 is 23.2 Å². The van der Waals surface area contributed by atoms with Crippen molar-refractivity contribution in [2.75, 3.05) is 6.54 Å². The highest BCUT2D eigenvalue weighted by atomic mass is 35.5. The Bertz CT molecular complexity index is 551. The van der Waals surface area contributed by atoms with Gasteiger partial charge in [0.2, 0.25) is 5.89 Å². The van der Waals surface area contributed by atoms with Crippen molar-refractivity contribution in [1.29, 1.82) is 0 Å². The molecule has 0 saturated carbocycles. The van der Waals surface area contributed by atoms with Gasteiger partial charge in [0.25, 0.3) is 0 Å². The zero-order chi connectivity index (χ0) is 14.5. The van der Waals surface area contributed by atoms with Crippen LogP contribution in [0.4, 0.5) is 0 Å². The second kappa shape index (κ2) is 7.07. The fourth-order valence-electron chi connectivity index (χ4n) is 1.99. The minimum absolute atomic E-state index is 0.303. The quantitative estimate of drug-likeness (QED) is 0.886. The predicted octanol–water partition coefficient (Wildman–Crippen LogP) is 3.51. The first-order chi connectivity index (χ1) is 9.60. The first-order valence-corrected chi connectivity index (χ1v) is 7.33. The van der Waals surface area contributed by atoms with E-state index < -0.39 is 0 Å². The Balaban J connectivity index is 2.06. The molecule has 0 aliphatic carbocycles. The molecule has 1 aromatic heterocycles. The fourth-order valence-corrected chi connectivity index (χ4v) is 2.52. The van der Waals surface area contributed by atoms with E-state index in [4.69, 9.17) is 27.7 Å². The molecule has 1 atom stereocenters. The molecule has 20 heavy (non-hydrogen) atoms. The summed E-state index contributed by atoms with van der Waals surface area (Å²) in [6.07, 6.45) is 1.18. The SMILES string of the molecule is CCNC(C)Cc1nc(Cc2c(Cl)cccc2Cl)no1. The number of nitrogens with one attached hydrogen (secondary N) is 1. The van der Waals surface area contributed by atoms with Crippen molar-refractivity contribution in [3.63, 3.8) is 0 Å². The van der Waals surface area contributed by atoms with E-state index >= 15 is 0 Å². The Morgan fingerprint density at radius 3 is 2.65 bits per heavy atom. The molecule has 0 aliphatic heterocycles. The van der Waals surface area contributed by atoms with Crippen LogP contribution in [0.3, 0.4) is 0 Å². The lowest BCUT2D eigenvalue weighted by Gasteiger charge is -2.07. The zero-order valence-electron chi connectivity index (χ0n) is 11.5. The molecule has 0 aliphatic rings. The van der Waals surface area contributed by atoms with Gasteiger partial charge in [-0.25, -0.2) is 0 Å². The largest absolute Gasteiger partial charge is 0.339 e. The molecule has 108 valence electrons. The Hall–Kier alpha value is -1.10. The lowest BCUT2D eigenvalue weighted by molar-refractivity contribution is 0.359. The first-order valence-electron chi connectivity index (χ1n) is 6.58. The minimum atomic E-state index is 0.303. The van der Waals surface area contributed by atoms with E-state index in [1.165, 1.54) is 0 Å². The lowest BCUT2D eigenvalue weighted by atomic mass is 10.1. The molecule has 0 amide bonds. The van der Waals surface area contributed by atoms with Gasteiger partial charge in [0.15, 0.2) is 5.82 Å². The van der Waals surface area contributed by atoms with Crippen LogP contribution in [0, 0.1) is 0 Å². The summed E-state index contributed by atoms with van der Waals surface area (Å²) in [4.78, 5) is 4.37. The topological polar surface area (TPSA) is 51.0 Å². The maximum Gasteiger partial charge on any atom is 0.228 e. The maximum atomic E-state index is 6.13. The molecule has 0 bridgehead atoms. The summed E-state index contributed by atoms with van der Waals surface area (Å²) in [7, 11) is 0. The molecule has 4 nitrogen and oxygen atoms in total. The summed E-state index contributed by atoms with van der Waals surface area (Å²) in [6.45, 7) is 5.06. The Labute approximate surface area is 128 Å². The summed E-state index contributed by atoms with van der Waals surface area (Å²) in [5, 5.41) is 8.51. The third kappa shape index (κ3) is 3.95. The lowest BCUT2D eigenvalue weighted by Crippen LogP contribution is -2.27. The van der Waals surface area contributed by atoms with Crippen LogP contribution in [0.1, 0.15) is 31.1 Å². The van der Waals surface area contributed by atoms with Gasteiger partial charge in [-0.05, 0) is 31.2 Å². The Morgan fingerprint density at radius 1 is 1.30 bits per heavy atom. The number of likely N-dealkylation sites (N-methyl/N-ethyl adjacent to an activating group) is 1. The molecule has 1 unspecified atom stereocenters. The number of hydrogen-bond donors (Lipinski definition) is 1. The van der Waals surface area contributed by atoms with Gasteiger partial charge < -0.3 is 9.84 Å². The number of halogens is 2. The molecule has 2 rings (SSSR count). The molecule has 6 heteroatoms. The van der Waals surface area contributed by atoms with Crippen LogP contribution in [-0.2, 0) is 12.8 Å². The van der Waals surface area contributed by atoms with Gasteiger partial charge in [-0.15, -0.1) is 0 Å². The normalized spacial score (nSPS) is 12.6. The van der Waals surface area contributed by atoms with E-state index in [9.17, 15) is 0 Å². The van der Waals surface area contributed by atoms with Crippen LogP contribution in [0.25, 0.3) is 0 Å². The van der Waals surface area contributed by atoms with Crippen LogP contribution in [0.5, 0.6) is 0 Å². The second-order valence-corrected chi connectivity index (χ2v) is 5.46. The van der Waals surface area contributed by atoms with Crippen molar-refractivity contribution >= 4 is 23.2 Å². The highest BCUT2D eigenvalue weighted by Gasteiger charge is 2.13. The summed E-state index contributed by atoms with van der Waals surface area (Å²) >= 11 is 12.3. The van der Waals surface area contributed by atoms with E-state index in [0.717, 1.165) is 12.1 Å². The molecule has 0 fully saturated rings. The minimum Gasteiger partial charge on any atom is -0.339 e. The van der Waals surface area contributed by atoms with Gasteiger partial charge in [-0.1, -0.05) is 41.3 Å².